The minimum atomic E-state index is 0.486. The van der Waals surface area contributed by atoms with Gasteiger partial charge in [-0.05, 0) is 42.9 Å². The van der Waals surface area contributed by atoms with Crippen molar-refractivity contribution in [3.8, 4) is 11.8 Å². The Kier molecular flexibility index (Phi) is 5.03. The molecule has 1 N–H and O–H groups in total. The van der Waals surface area contributed by atoms with Gasteiger partial charge in [0, 0.05) is 18.7 Å². The number of methoxy groups -OCH3 is 1. The average Bonchev–Trinajstić information content (AvgIpc) is 2.96. The summed E-state index contributed by atoms with van der Waals surface area (Å²) in [4.78, 5) is 0. The third-order valence-corrected chi connectivity index (χ3v) is 4.64. The van der Waals surface area contributed by atoms with Crippen LogP contribution in [0.5, 0.6) is 5.75 Å². The predicted molar refractivity (Wildman–Crippen MR) is 80.6 cm³/mol. The van der Waals surface area contributed by atoms with Gasteiger partial charge in [0.15, 0.2) is 0 Å². The quantitative estimate of drug-likeness (QED) is 0.860. The number of hydrogen-bond donors (Lipinski definition) is 1. The van der Waals surface area contributed by atoms with Gasteiger partial charge in [0.25, 0.3) is 0 Å². The Bertz CT molecular complexity index is 484. The minimum absolute atomic E-state index is 0.486. The van der Waals surface area contributed by atoms with Crippen LogP contribution in [0.1, 0.15) is 50.2 Å². The Hall–Kier alpha value is -1.53. The first-order chi connectivity index (χ1) is 9.73. The van der Waals surface area contributed by atoms with Gasteiger partial charge in [-0.15, -0.1) is 0 Å². The third-order valence-electron chi connectivity index (χ3n) is 4.64. The lowest BCUT2D eigenvalue weighted by atomic mass is 9.83. The SMILES string of the molecule is CCC1(CNCc2cc(C#N)ccc2OC)CCCC1. The first-order valence-corrected chi connectivity index (χ1v) is 7.51. The summed E-state index contributed by atoms with van der Waals surface area (Å²) in [6.45, 7) is 4.12. The molecule has 0 heterocycles. The molecule has 1 aromatic carbocycles. The molecular weight excluding hydrogens is 248 g/mol. The van der Waals surface area contributed by atoms with Crippen LogP contribution in [0.4, 0.5) is 0 Å². The molecule has 0 amide bonds. The van der Waals surface area contributed by atoms with E-state index < -0.39 is 0 Å². The van der Waals surface area contributed by atoms with Gasteiger partial charge >= 0.3 is 0 Å². The summed E-state index contributed by atoms with van der Waals surface area (Å²) >= 11 is 0. The summed E-state index contributed by atoms with van der Waals surface area (Å²) in [5, 5.41) is 12.6. The van der Waals surface area contributed by atoms with Crippen molar-refractivity contribution in [2.45, 2.75) is 45.6 Å². The van der Waals surface area contributed by atoms with Crippen LogP contribution < -0.4 is 10.1 Å². The van der Waals surface area contributed by atoms with E-state index in [0.717, 1.165) is 24.4 Å². The van der Waals surface area contributed by atoms with Crippen LogP contribution in [-0.2, 0) is 6.54 Å². The molecule has 0 unspecified atom stereocenters. The number of nitriles is 1. The molecule has 3 heteroatoms. The van der Waals surface area contributed by atoms with E-state index in [-0.39, 0.29) is 0 Å². The van der Waals surface area contributed by atoms with Gasteiger partial charge in [0.2, 0.25) is 0 Å². The summed E-state index contributed by atoms with van der Waals surface area (Å²) in [7, 11) is 1.68. The molecule has 1 fully saturated rings. The molecule has 0 aliphatic heterocycles. The zero-order valence-corrected chi connectivity index (χ0v) is 12.5. The zero-order chi connectivity index (χ0) is 14.4. The second-order valence-corrected chi connectivity index (χ2v) is 5.80. The Morgan fingerprint density at radius 3 is 2.70 bits per heavy atom. The van der Waals surface area contributed by atoms with E-state index in [4.69, 9.17) is 10.00 Å². The van der Waals surface area contributed by atoms with Crippen LogP contribution >= 0.6 is 0 Å². The number of ether oxygens (including phenoxy) is 1. The van der Waals surface area contributed by atoms with E-state index in [9.17, 15) is 0 Å². The fourth-order valence-electron chi connectivity index (χ4n) is 3.23. The van der Waals surface area contributed by atoms with E-state index in [2.05, 4.69) is 18.3 Å². The standard InChI is InChI=1S/C17H24N2O/c1-3-17(8-4-5-9-17)13-19-12-15-10-14(11-18)6-7-16(15)20-2/h6-7,10,19H,3-5,8-9,12-13H2,1-2H3. The average molecular weight is 272 g/mol. The normalized spacial score (nSPS) is 16.9. The van der Waals surface area contributed by atoms with Gasteiger partial charge < -0.3 is 10.1 Å². The highest BCUT2D eigenvalue weighted by molar-refractivity contribution is 5.41. The molecule has 3 nitrogen and oxygen atoms in total. The van der Waals surface area contributed by atoms with Gasteiger partial charge in [-0.2, -0.15) is 5.26 Å². The van der Waals surface area contributed by atoms with E-state index in [1.807, 2.05) is 12.1 Å². The van der Waals surface area contributed by atoms with Gasteiger partial charge in [-0.25, -0.2) is 0 Å². The summed E-state index contributed by atoms with van der Waals surface area (Å²) in [5.74, 6) is 0.855. The summed E-state index contributed by atoms with van der Waals surface area (Å²) in [5.41, 5.74) is 2.24. The molecule has 1 aromatic rings. The van der Waals surface area contributed by atoms with Crippen molar-refractivity contribution in [1.82, 2.24) is 5.32 Å². The summed E-state index contributed by atoms with van der Waals surface area (Å²) < 4.78 is 5.37. The molecule has 0 spiro atoms. The molecule has 1 aliphatic carbocycles. The number of rotatable bonds is 6. The maximum absolute atomic E-state index is 8.99. The highest BCUT2D eigenvalue weighted by Crippen LogP contribution is 2.40. The molecule has 0 atom stereocenters. The fourth-order valence-corrected chi connectivity index (χ4v) is 3.23. The smallest absolute Gasteiger partial charge is 0.123 e. The molecule has 0 bridgehead atoms. The highest BCUT2D eigenvalue weighted by atomic mass is 16.5. The number of benzene rings is 1. The van der Waals surface area contributed by atoms with E-state index in [1.54, 1.807) is 13.2 Å². The van der Waals surface area contributed by atoms with Crippen LogP contribution in [0.15, 0.2) is 18.2 Å². The number of nitrogens with one attached hydrogen (secondary N) is 1. The monoisotopic (exact) mass is 272 g/mol. The van der Waals surface area contributed by atoms with E-state index in [1.165, 1.54) is 32.1 Å². The maximum Gasteiger partial charge on any atom is 0.123 e. The Balaban J connectivity index is 1.98. The summed E-state index contributed by atoms with van der Waals surface area (Å²) in [6, 6.07) is 7.78. The molecule has 1 aliphatic rings. The molecule has 0 radical (unpaired) electrons. The molecular formula is C17H24N2O. The second-order valence-electron chi connectivity index (χ2n) is 5.80. The molecule has 20 heavy (non-hydrogen) atoms. The van der Waals surface area contributed by atoms with Gasteiger partial charge in [-0.3, -0.25) is 0 Å². The first kappa shape index (κ1) is 14.9. The third kappa shape index (κ3) is 3.32. The lowest BCUT2D eigenvalue weighted by Crippen LogP contribution is -2.31. The minimum Gasteiger partial charge on any atom is -0.496 e. The number of nitrogens with zero attached hydrogens (tertiary/aromatic N) is 1. The number of hydrogen-bond acceptors (Lipinski definition) is 3. The Morgan fingerprint density at radius 1 is 1.35 bits per heavy atom. The molecule has 1 saturated carbocycles. The lowest BCUT2D eigenvalue weighted by molar-refractivity contribution is 0.267. The molecule has 108 valence electrons. The van der Waals surface area contributed by atoms with Crippen molar-refractivity contribution in [1.29, 1.82) is 5.26 Å². The van der Waals surface area contributed by atoms with Gasteiger partial charge in [0.05, 0.1) is 18.7 Å². The van der Waals surface area contributed by atoms with Crippen molar-refractivity contribution >= 4 is 0 Å². The van der Waals surface area contributed by atoms with Crippen LogP contribution in [0, 0.1) is 16.7 Å². The Labute approximate surface area is 121 Å². The summed E-state index contributed by atoms with van der Waals surface area (Å²) in [6.07, 6.45) is 6.65. The Morgan fingerprint density at radius 2 is 2.10 bits per heavy atom. The van der Waals surface area contributed by atoms with Crippen molar-refractivity contribution in [3.63, 3.8) is 0 Å². The lowest BCUT2D eigenvalue weighted by Gasteiger charge is -2.28. The first-order valence-electron chi connectivity index (χ1n) is 7.51. The van der Waals surface area contributed by atoms with E-state index in [0.29, 0.717) is 11.0 Å². The van der Waals surface area contributed by atoms with Gasteiger partial charge in [0.1, 0.15) is 5.75 Å². The van der Waals surface area contributed by atoms with Crippen molar-refractivity contribution in [2.24, 2.45) is 5.41 Å². The van der Waals surface area contributed by atoms with E-state index >= 15 is 0 Å². The molecule has 0 aromatic heterocycles. The largest absolute Gasteiger partial charge is 0.496 e. The van der Waals surface area contributed by atoms with Crippen molar-refractivity contribution in [3.05, 3.63) is 29.3 Å². The topological polar surface area (TPSA) is 45.0 Å². The fraction of sp³-hybridized carbons (Fsp3) is 0.588. The molecule has 0 saturated heterocycles. The van der Waals surface area contributed by atoms with Crippen LogP contribution in [0.25, 0.3) is 0 Å². The molecule has 2 rings (SSSR count). The van der Waals surface area contributed by atoms with Crippen LogP contribution in [-0.4, -0.2) is 13.7 Å². The predicted octanol–water partition coefficient (Wildman–Crippen LogP) is 3.63. The van der Waals surface area contributed by atoms with Crippen LogP contribution in [0.2, 0.25) is 0 Å². The second kappa shape index (κ2) is 6.76. The van der Waals surface area contributed by atoms with Crippen molar-refractivity contribution in [2.75, 3.05) is 13.7 Å². The van der Waals surface area contributed by atoms with Gasteiger partial charge in [-0.1, -0.05) is 19.8 Å². The highest BCUT2D eigenvalue weighted by Gasteiger charge is 2.31. The maximum atomic E-state index is 8.99. The van der Waals surface area contributed by atoms with Crippen molar-refractivity contribution < 1.29 is 4.74 Å². The van der Waals surface area contributed by atoms with Crippen LogP contribution in [0.3, 0.4) is 0 Å². The zero-order valence-electron chi connectivity index (χ0n) is 12.5.